The first kappa shape index (κ1) is 11.4. The molecule has 0 unspecified atom stereocenters. The van der Waals surface area contributed by atoms with Gasteiger partial charge in [-0.25, -0.2) is 9.38 Å². The highest BCUT2D eigenvalue weighted by Gasteiger charge is 2.20. The van der Waals surface area contributed by atoms with Gasteiger partial charge in [0.15, 0.2) is 0 Å². The molecule has 0 radical (unpaired) electrons. The number of rotatable bonds is 1. The van der Waals surface area contributed by atoms with Crippen LogP contribution < -0.4 is 15.5 Å². The van der Waals surface area contributed by atoms with E-state index in [2.05, 4.69) is 28.2 Å². The van der Waals surface area contributed by atoms with Gasteiger partial charge in [-0.05, 0) is 42.3 Å². The van der Waals surface area contributed by atoms with E-state index in [1.54, 1.807) is 12.1 Å². The number of fused-ring (bicyclic) bond motifs is 2. The van der Waals surface area contributed by atoms with E-state index in [1.807, 2.05) is 12.1 Å². The van der Waals surface area contributed by atoms with Gasteiger partial charge in [0, 0.05) is 23.7 Å². The van der Waals surface area contributed by atoms with E-state index >= 15 is 0 Å². The SMILES string of the molecule is Fc1ccc(N2C=C3N=c4ccccc4=C3CC2)cc1. The first-order chi connectivity index (χ1) is 9.81. The number of halogens is 1. The summed E-state index contributed by atoms with van der Waals surface area (Å²) in [4.78, 5) is 6.81. The molecule has 0 aliphatic carbocycles. The molecule has 0 fully saturated rings. The van der Waals surface area contributed by atoms with Crippen LogP contribution in [-0.2, 0) is 0 Å². The molecule has 0 aromatic heterocycles. The van der Waals surface area contributed by atoms with E-state index in [0.29, 0.717) is 0 Å². The van der Waals surface area contributed by atoms with Gasteiger partial charge in [0.2, 0.25) is 0 Å². The van der Waals surface area contributed by atoms with Crippen molar-refractivity contribution in [3.8, 4) is 0 Å². The Kier molecular flexibility index (Phi) is 2.46. The van der Waals surface area contributed by atoms with Gasteiger partial charge in [-0.2, -0.15) is 0 Å². The number of hydrogen-bond donors (Lipinski definition) is 0. The summed E-state index contributed by atoms with van der Waals surface area (Å²) in [5, 5.41) is 2.30. The number of allylic oxidation sites excluding steroid dienone is 1. The molecule has 2 aliphatic heterocycles. The highest BCUT2D eigenvalue weighted by molar-refractivity contribution is 5.70. The Morgan fingerprint density at radius 3 is 2.65 bits per heavy atom. The average Bonchev–Trinajstić information content (AvgIpc) is 2.85. The monoisotopic (exact) mass is 264 g/mol. The molecule has 3 heteroatoms. The van der Waals surface area contributed by atoms with Crippen LogP contribution in [0.4, 0.5) is 10.1 Å². The Morgan fingerprint density at radius 1 is 1.00 bits per heavy atom. The van der Waals surface area contributed by atoms with Gasteiger partial charge in [0.25, 0.3) is 0 Å². The summed E-state index contributed by atoms with van der Waals surface area (Å²) < 4.78 is 13.0. The van der Waals surface area contributed by atoms with Crippen LogP contribution in [0.1, 0.15) is 6.42 Å². The maximum Gasteiger partial charge on any atom is 0.123 e. The van der Waals surface area contributed by atoms with Crippen LogP contribution in [0.2, 0.25) is 0 Å². The molecule has 4 rings (SSSR count). The van der Waals surface area contributed by atoms with Crippen molar-refractivity contribution in [2.24, 2.45) is 4.99 Å². The maximum atomic E-state index is 13.0. The molecule has 0 atom stereocenters. The molecule has 0 saturated heterocycles. The van der Waals surface area contributed by atoms with E-state index in [9.17, 15) is 4.39 Å². The summed E-state index contributed by atoms with van der Waals surface area (Å²) in [6, 6.07) is 14.8. The largest absolute Gasteiger partial charge is 0.345 e. The predicted molar refractivity (Wildman–Crippen MR) is 77.1 cm³/mol. The zero-order valence-electron chi connectivity index (χ0n) is 10.9. The van der Waals surface area contributed by atoms with Gasteiger partial charge in [-0.3, -0.25) is 0 Å². The van der Waals surface area contributed by atoms with Crippen molar-refractivity contribution in [1.82, 2.24) is 0 Å². The molecule has 0 saturated carbocycles. The maximum absolute atomic E-state index is 13.0. The van der Waals surface area contributed by atoms with E-state index < -0.39 is 0 Å². The van der Waals surface area contributed by atoms with Crippen molar-refractivity contribution in [2.45, 2.75) is 6.42 Å². The third kappa shape index (κ3) is 1.74. The predicted octanol–water partition coefficient (Wildman–Crippen LogP) is 2.36. The van der Waals surface area contributed by atoms with Crippen molar-refractivity contribution < 1.29 is 4.39 Å². The quantitative estimate of drug-likeness (QED) is 0.772. The summed E-state index contributed by atoms with van der Waals surface area (Å²) in [5.41, 5.74) is 3.35. The third-order valence-electron chi connectivity index (χ3n) is 3.82. The van der Waals surface area contributed by atoms with Gasteiger partial charge in [-0.15, -0.1) is 0 Å². The zero-order valence-corrected chi connectivity index (χ0v) is 10.9. The summed E-state index contributed by atoms with van der Waals surface area (Å²) >= 11 is 0. The van der Waals surface area contributed by atoms with Crippen molar-refractivity contribution >= 4 is 11.3 Å². The van der Waals surface area contributed by atoms with E-state index in [1.165, 1.54) is 22.9 Å². The molecular weight excluding hydrogens is 251 g/mol. The number of nitrogens with zero attached hydrogens (tertiary/aromatic N) is 2. The van der Waals surface area contributed by atoms with Crippen molar-refractivity contribution in [3.63, 3.8) is 0 Å². The molecule has 2 aromatic carbocycles. The summed E-state index contributed by atoms with van der Waals surface area (Å²) in [5.74, 6) is -0.205. The van der Waals surface area contributed by atoms with Crippen molar-refractivity contribution in [2.75, 3.05) is 11.4 Å². The van der Waals surface area contributed by atoms with Gasteiger partial charge in [0.1, 0.15) is 5.82 Å². The molecule has 2 heterocycles. The summed E-state index contributed by atoms with van der Waals surface area (Å²) in [6.07, 6.45) is 3.02. The van der Waals surface area contributed by atoms with Crippen LogP contribution in [-0.4, -0.2) is 6.54 Å². The molecule has 0 bridgehead atoms. The minimum Gasteiger partial charge on any atom is -0.345 e. The van der Waals surface area contributed by atoms with Gasteiger partial charge in [0.05, 0.1) is 11.1 Å². The highest BCUT2D eigenvalue weighted by Crippen LogP contribution is 2.27. The van der Waals surface area contributed by atoms with Crippen LogP contribution in [0.3, 0.4) is 0 Å². The molecule has 98 valence electrons. The van der Waals surface area contributed by atoms with E-state index in [-0.39, 0.29) is 5.82 Å². The third-order valence-corrected chi connectivity index (χ3v) is 3.82. The first-order valence-corrected chi connectivity index (χ1v) is 6.73. The molecule has 0 N–H and O–H groups in total. The smallest absolute Gasteiger partial charge is 0.123 e. The van der Waals surface area contributed by atoms with Crippen molar-refractivity contribution in [1.29, 1.82) is 0 Å². The van der Waals surface area contributed by atoms with Gasteiger partial charge < -0.3 is 4.90 Å². The lowest BCUT2D eigenvalue weighted by Gasteiger charge is -2.26. The first-order valence-electron chi connectivity index (χ1n) is 6.73. The van der Waals surface area contributed by atoms with Crippen LogP contribution in [0.15, 0.2) is 65.4 Å². The zero-order chi connectivity index (χ0) is 13.5. The normalized spacial score (nSPS) is 16.4. The Morgan fingerprint density at radius 2 is 1.80 bits per heavy atom. The minimum absolute atomic E-state index is 0.205. The Bertz CT molecular complexity index is 819. The topological polar surface area (TPSA) is 15.6 Å². The fourth-order valence-electron chi connectivity index (χ4n) is 2.81. The van der Waals surface area contributed by atoms with Crippen LogP contribution in [0.5, 0.6) is 0 Å². The van der Waals surface area contributed by atoms with Crippen LogP contribution in [0.25, 0.3) is 5.57 Å². The lowest BCUT2D eigenvalue weighted by Crippen LogP contribution is -2.26. The second-order valence-electron chi connectivity index (χ2n) is 5.04. The van der Waals surface area contributed by atoms with Crippen LogP contribution >= 0.6 is 0 Å². The Labute approximate surface area is 116 Å². The highest BCUT2D eigenvalue weighted by atomic mass is 19.1. The molecule has 0 spiro atoms. The number of hydrogen-bond acceptors (Lipinski definition) is 2. The molecular formula is C17H13FN2. The number of anilines is 1. The van der Waals surface area contributed by atoms with Crippen molar-refractivity contribution in [3.05, 3.63) is 76.8 Å². The second kappa shape index (κ2) is 4.30. The van der Waals surface area contributed by atoms with Crippen LogP contribution in [0, 0.1) is 5.82 Å². The fraction of sp³-hybridized carbons (Fsp3) is 0.118. The second-order valence-corrected chi connectivity index (χ2v) is 5.04. The van der Waals surface area contributed by atoms with Gasteiger partial charge >= 0.3 is 0 Å². The van der Waals surface area contributed by atoms with E-state index in [4.69, 9.17) is 0 Å². The molecule has 0 amide bonds. The summed E-state index contributed by atoms with van der Waals surface area (Å²) in [7, 11) is 0. The Balaban J connectivity index is 1.79. The molecule has 2 aliphatic rings. The molecule has 2 nitrogen and oxygen atoms in total. The Hall–Kier alpha value is -2.42. The van der Waals surface area contributed by atoms with E-state index in [0.717, 1.165) is 29.7 Å². The lowest BCUT2D eigenvalue weighted by atomic mass is 10.0. The lowest BCUT2D eigenvalue weighted by molar-refractivity contribution is 0.627. The minimum atomic E-state index is -0.205. The summed E-state index contributed by atoms with van der Waals surface area (Å²) in [6.45, 7) is 0.897. The number of benzene rings is 2. The molecule has 20 heavy (non-hydrogen) atoms. The van der Waals surface area contributed by atoms with Gasteiger partial charge in [-0.1, -0.05) is 18.2 Å². The standard InChI is InChI=1S/C17H13FN2/c18-12-5-7-13(8-6-12)20-10-9-15-14-3-1-2-4-16(14)19-17(15)11-20/h1-8,11H,9-10H2. The molecule has 2 aromatic rings. The average molecular weight is 264 g/mol. The number of para-hydroxylation sites is 1. The fourth-order valence-corrected chi connectivity index (χ4v) is 2.81.